The summed E-state index contributed by atoms with van der Waals surface area (Å²) in [6, 6.07) is 2.08. The van der Waals surface area contributed by atoms with Gasteiger partial charge >= 0.3 is 0 Å². The summed E-state index contributed by atoms with van der Waals surface area (Å²) < 4.78 is 5.25. The SMILES string of the molecule is CCC(C)(C#N)C(=O)NCC1CCOCC1. The van der Waals surface area contributed by atoms with E-state index in [1.54, 1.807) is 6.92 Å². The van der Waals surface area contributed by atoms with Crippen molar-refractivity contribution in [2.24, 2.45) is 11.3 Å². The Morgan fingerprint density at radius 2 is 2.19 bits per heavy atom. The van der Waals surface area contributed by atoms with Gasteiger partial charge in [0.05, 0.1) is 6.07 Å². The highest BCUT2D eigenvalue weighted by molar-refractivity contribution is 5.84. The number of ether oxygens (including phenoxy) is 1. The Morgan fingerprint density at radius 1 is 1.56 bits per heavy atom. The molecule has 0 radical (unpaired) electrons. The van der Waals surface area contributed by atoms with Gasteiger partial charge in [-0.1, -0.05) is 6.92 Å². The minimum atomic E-state index is -0.884. The smallest absolute Gasteiger partial charge is 0.240 e. The van der Waals surface area contributed by atoms with Gasteiger partial charge in [-0.2, -0.15) is 5.26 Å². The molecule has 0 saturated carbocycles. The maximum absolute atomic E-state index is 11.8. The third-order valence-electron chi connectivity index (χ3n) is 3.35. The number of rotatable bonds is 4. The lowest BCUT2D eigenvalue weighted by atomic mass is 9.88. The highest BCUT2D eigenvalue weighted by Crippen LogP contribution is 2.20. The summed E-state index contributed by atoms with van der Waals surface area (Å²) in [4.78, 5) is 11.8. The van der Waals surface area contributed by atoms with E-state index >= 15 is 0 Å². The first-order valence-corrected chi connectivity index (χ1v) is 5.89. The van der Waals surface area contributed by atoms with Crippen LogP contribution in [0.15, 0.2) is 0 Å². The van der Waals surface area contributed by atoms with Crippen LogP contribution in [0.2, 0.25) is 0 Å². The van der Waals surface area contributed by atoms with Gasteiger partial charge in [0, 0.05) is 19.8 Å². The molecule has 1 amide bonds. The molecule has 1 saturated heterocycles. The van der Waals surface area contributed by atoms with Gasteiger partial charge in [-0.25, -0.2) is 0 Å². The maximum atomic E-state index is 11.8. The topological polar surface area (TPSA) is 62.1 Å². The van der Waals surface area contributed by atoms with E-state index in [9.17, 15) is 4.79 Å². The predicted octanol–water partition coefficient (Wildman–Crippen LogP) is 1.47. The van der Waals surface area contributed by atoms with E-state index in [0.29, 0.717) is 18.9 Å². The monoisotopic (exact) mass is 224 g/mol. The summed E-state index contributed by atoms with van der Waals surface area (Å²) in [6.45, 7) is 5.77. The van der Waals surface area contributed by atoms with E-state index in [0.717, 1.165) is 26.1 Å². The van der Waals surface area contributed by atoms with Crippen LogP contribution in [-0.4, -0.2) is 25.7 Å². The summed E-state index contributed by atoms with van der Waals surface area (Å²) in [5.74, 6) is 0.349. The van der Waals surface area contributed by atoms with E-state index in [2.05, 4.69) is 11.4 Å². The molecule has 4 heteroatoms. The van der Waals surface area contributed by atoms with Gasteiger partial charge in [-0.3, -0.25) is 4.79 Å². The molecule has 1 rings (SSSR count). The van der Waals surface area contributed by atoms with Crippen LogP contribution in [0, 0.1) is 22.7 Å². The summed E-state index contributed by atoms with van der Waals surface area (Å²) in [6.07, 6.45) is 2.54. The number of nitrogens with one attached hydrogen (secondary N) is 1. The number of nitriles is 1. The number of amides is 1. The van der Waals surface area contributed by atoms with Gasteiger partial charge in [0.1, 0.15) is 5.41 Å². The van der Waals surface area contributed by atoms with Crippen LogP contribution >= 0.6 is 0 Å². The van der Waals surface area contributed by atoms with Crippen molar-refractivity contribution in [3.05, 3.63) is 0 Å². The van der Waals surface area contributed by atoms with Gasteiger partial charge in [-0.05, 0) is 32.1 Å². The van der Waals surface area contributed by atoms with E-state index < -0.39 is 5.41 Å². The molecule has 90 valence electrons. The number of carbonyl (C=O) groups excluding carboxylic acids is 1. The Bertz CT molecular complexity index is 279. The van der Waals surface area contributed by atoms with Crippen molar-refractivity contribution >= 4 is 5.91 Å². The summed E-state index contributed by atoms with van der Waals surface area (Å²) in [5, 5.41) is 11.8. The summed E-state index contributed by atoms with van der Waals surface area (Å²) >= 11 is 0. The summed E-state index contributed by atoms with van der Waals surface area (Å²) in [7, 11) is 0. The van der Waals surface area contributed by atoms with Gasteiger partial charge < -0.3 is 10.1 Å². The Morgan fingerprint density at radius 3 is 2.69 bits per heavy atom. The first-order chi connectivity index (χ1) is 7.62. The fraction of sp³-hybridized carbons (Fsp3) is 0.833. The van der Waals surface area contributed by atoms with Crippen molar-refractivity contribution in [2.75, 3.05) is 19.8 Å². The molecule has 0 aliphatic carbocycles. The molecule has 0 aromatic carbocycles. The second-order valence-corrected chi connectivity index (χ2v) is 4.56. The zero-order valence-electron chi connectivity index (χ0n) is 10.1. The molecule has 1 unspecified atom stereocenters. The number of carbonyl (C=O) groups is 1. The van der Waals surface area contributed by atoms with Gasteiger partial charge in [0.15, 0.2) is 0 Å². The molecule has 0 aromatic heterocycles. The molecule has 1 aliphatic heterocycles. The first kappa shape index (κ1) is 13.0. The molecule has 1 heterocycles. The van der Waals surface area contributed by atoms with Crippen molar-refractivity contribution in [2.45, 2.75) is 33.1 Å². The zero-order valence-corrected chi connectivity index (χ0v) is 10.1. The molecule has 1 fully saturated rings. The molecule has 1 aliphatic rings. The van der Waals surface area contributed by atoms with E-state index in [1.165, 1.54) is 0 Å². The number of hydrogen-bond acceptors (Lipinski definition) is 3. The lowest BCUT2D eigenvalue weighted by Gasteiger charge is -2.24. The van der Waals surface area contributed by atoms with E-state index in [1.807, 2.05) is 6.92 Å². The van der Waals surface area contributed by atoms with Crippen LogP contribution in [0.4, 0.5) is 0 Å². The quantitative estimate of drug-likeness (QED) is 0.786. The van der Waals surface area contributed by atoms with Crippen molar-refractivity contribution < 1.29 is 9.53 Å². The highest BCUT2D eigenvalue weighted by Gasteiger charge is 2.31. The van der Waals surface area contributed by atoms with Crippen molar-refractivity contribution in [3.63, 3.8) is 0 Å². The molecule has 0 bridgehead atoms. The van der Waals surface area contributed by atoms with Crippen molar-refractivity contribution in [1.82, 2.24) is 5.32 Å². The van der Waals surface area contributed by atoms with Crippen LogP contribution in [0.3, 0.4) is 0 Å². The minimum Gasteiger partial charge on any atom is -0.381 e. The van der Waals surface area contributed by atoms with Crippen LogP contribution < -0.4 is 5.32 Å². The zero-order chi connectivity index (χ0) is 12.0. The Balaban J connectivity index is 2.37. The van der Waals surface area contributed by atoms with Gasteiger partial charge in [0.2, 0.25) is 5.91 Å². The third kappa shape index (κ3) is 3.21. The standard InChI is InChI=1S/C12H20N2O2/c1-3-12(2,9-13)11(15)14-8-10-4-6-16-7-5-10/h10H,3-8H2,1-2H3,(H,14,15). The fourth-order valence-corrected chi connectivity index (χ4v) is 1.67. The van der Waals surface area contributed by atoms with Gasteiger partial charge in [-0.15, -0.1) is 0 Å². The van der Waals surface area contributed by atoms with Crippen molar-refractivity contribution in [3.8, 4) is 6.07 Å². The maximum Gasteiger partial charge on any atom is 0.240 e. The number of hydrogen-bond donors (Lipinski definition) is 1. The van der Waals surface area contributed by atoms with Crippen molar-refractivity contribution in [1.29, 1.82) is 5.26 Å². The average molecular weight is 224 g/mol. The largest absolute Gasteiger partial charge is 0.381 e. The molecule has 4 nitrogen and oxygen atoms in total. The Labute approximate surface area is 97.0 Å². The third-order valence-corrected chi connectivity index (χ3v) is 3.35. The lowest BCUT2D eigenvalue weighted by Crippen LogP contribution is -2.40. The van der Waals surface area contributed by atoms with Crippen LogP contribution in [0.5, 0.6) is 0 Å². The normalized spacial score (nSPS) is 20.8. The lowest BCUT2D eigenvalue weighted by molar-refractivity contribution is -0.128. The molecule has 0 spiro atoms. The molecular formula is C12H20N2O2. The molecule has 1 atom stereocenters. The fourth-order valence-electron chi connectivity index (χ4n) is 1.67. The minimum absolute atomic E-state index is 0.149. The predicted molar refractivity (Wildman–Crippen MR) is 60.6 cm³/mol. The second-order valence-electron chi connectivity index (χ2n) is 4.56. The van der Waals surface area contributed by atoms with Crippen LogP contribution in [-0.2, 0) is 9.53 Å². The van der Waals surface area contributed by atoms with Crippen LogP contribution in [0.25, 0.3) is 0 Å². The van der Waals surface area contributed by atoms with E-state index in [4.69, 9.17) is 10.00 Å². The molecule has 1 N–H and O–H groups in total. The first-order valence-electron chi connectivity index (χ1n) is 5.89. The Kier molecular flexibility index (Phi) is 4.75. The molecule has 0 aromatic rings. The number of nitrogens with zero attached hydrogens (tertiary/aromatic N) is 1. The molecular weight excluding hydrogens is 204 g/mol. The van der Waals surface area contributed by atoms with E-state index in [-0.39, 0.29) is 5.91 Å². The average Bonchev–Trinajstić information content (AvgIpc) is 2.36. The van der Waals surface area contributed by atoms with Gasteiger partial charge in [0.25, 0.3) is 0 Å². The van der Waals surface area contributed by atoms with Crippen LogP contribution in [0.1, 0.15) is 33.1 Å². The second kappa shape index (κ2) is 5.86. The highest BCUT2D eigenvalue weighted by atomic mass is 16.5. The summed E-state index contributed by atoms with van der Waals surface area (Å²) in [5.41, 5.74) is -0.884. The molecule has 16 heavy (non-hydrogen) atoms. The Hall–Kier alpha value is -1.08.